The van der Waals surface area contributed by atoms with Crippen LogP contribution in [0.2, 0.25) is 0 Å². The van der Waals surface area contributed by atoms with Gasteiger partial charge in [-0.3, -0.25) is 4.79 Å². The zero-order valence-electron chi connectivity index (χ0n) is 13.3. The molecule has 0 aliphatic carbocycles. The van der Waals surface area contributed by atoms with Gasteiger partial charge in [0, 0.05) is 6.42 Å². The Morgan fingerprint density at radius 1 is 1.00 bits per heavy atom. The van der Waals surface area contributed by atoms with Crippen molar-refractivity contribution < 1.29 is 9.94 Å². The maximum atomic E-state index is 12.7. The van der Waals surface area contributed by atoms with E-state index in [0.717, 1.165) is 15.9 Å². The second-order valence-electron chi connectivity index (χ2n) is 5.48. The van der Waals surface area contributed by atoms with Gasteiger partial charge in [-0.1, -0.05) is 60.7 Å². The summed E-state index contributed by atoms with van der Waals surface area (Å²) in [7, 11) is 0. The van der Waals surface area contributed by atoms with Crippen LogP contribution in [0.4, 0.5) is 0 Å². The number of nitrogens with zero attached hydrogens (tertiary/aromatic N) is 2. The molecule has 122 valence electrons. The molecule has 0 saturated carbocycles. The third-order valence-corrected chi connectivity index (χ3v) is 3.70. The Morgan fingerprint density at radius 2 is 1.58 bits per heavy atom. The first-order valence-electron chi connectivity index (χ1n) is 7.68. The van der Waals surface area contributed by atoms with Crippen LogP contribution in [0.25, 0.3) is 0 Å². The minimum Gasteiger partial charge on any atom is -0.493 e. The fourth-order valence-corrected chi connectivity index (χ4v) is 2.45. The van der Waals surface area contributed by atoms with Crippen molar-refractivity contribution in [2.45, 2.75) is 20.0 Å². The van der Waals surface area contributed by atoms with Crippen LogP contribution >= 0.6 is 0 Å². The average Bonchev–Trinajstić information content (AvgIpc) is 2.60. The van der Waals surface area contributed by atoms with Gasteiger partial charge in [-0.25, -0.2) is 0 Å². The van der Waals surface area contributed by atoms with Crippen LogP contribution in [-0.4, -0.2) is 14.8 Å². The molecule has 5 heteroatoms. The molecule has 1 N–H and O–H groups in total. The summed E-state index contributed by atoms with van der Waals surface area (Å²) >= 11 is 0. The van der Waals surface area contributed by atoms with Crippen molar-refractivity contribution in [1.82, 2.24) is 9.71 Å². The van der Waals surface area contributed by atoms with Crippen molar-refractivity contribution in [3.05, 3.63) is 93.5 Å². The molecular weight excluding hydrogens is 304 g/mol. The highest BCUT2D eigenvalue weighted by Gasteiger charge is 2.15. The molecule has 0 fully saturated rings. The van der Waals surface area contributed by atoms with Gasteiger partial charge in [0.25, 0.3) is 5.56 Å². The van der Waals surface area contributed by atoms with E-state index >= 15 is 0 Å². The van der Waals surface area contributed by atoms with E-state index in [2.05, 4.69) is 4.98 Å². The van der Waals surface area contributed by atoms with E-state index in [9.17, 15) is 9.90 Å². The highest BCUT2D eigenvalue weighted by atomic mass is 16.7. The predicted molar refractivity (Wildman–Crippen MR) is 90.9 cm³/mol. The Morgan fingerprint density at radius 3 is 2.21 bits per heavy atom. The van der Waals surface area contributed by atoms with Crippen molar-refractivity contribution in [3.63, 3.8) is 0 Å². The molecule has 0 radical (unpaired) electrons. The first-order chi connectivity index (χ1) is 11.6. The number of rotatable bonds is 5. The van der Waals surface area contributed by atoms with E-state index in [1.165, 1.54) is 0 Å². The normalized spacial score (nSPS) is 10.5. The Kier molecular flexibility index (Phi) is 4.61. The van der Waals surface area contributed by atoms with Gasteiger partial charge in [-0.05, 0) is 18.1 Å². The number of aromatic hydroxyl groups is 1. The molecule has 2 aromatic carbocycles. The summed E-state index contributed by atoms with van der Waals surface area (Å²) in [6.45, 7) is 1.87. The van der Waals surface area contributed by atoms with Gasteiger partial charge >= 0.3 is 0 Å². The third-order valence-electron chi connectivity index (χ3n) is 3.70. The van der Waals surface area contributed by atoms with Crippen LogP contribution < -0.4 is 10.4 Å². The third kappa shape index (κ3) is 3.46. The van der Waals surface area contributed by atoms with Gasteiger partial charge in [-0.15, -0.1) is 4.73 Å². The Balaban J connectivity index is 1.89. The van der Waals surface area contributed by atoms with Crippen LogP contribution in [0.1, 0.15) is 22.5 Å². The second kappa shape index (κ2) is 7.00. The molecule has 0 aliphatic heterocycles. The zero-order chi connectivity index (χ0) is 16.9. The fourth-order valence-electron chi connectivity index (χ4n) is 2.45. The van der Waals surface area contributed by atoms with Crippen LogP contribution in [-0.2, 0) is 13.0 Å². The summed E-state index contributed by atoms with van der Waals surface area (Å²) in [5.41, 5.74) is 1.70. The summed E-state index contributed by atoms with van der Waals surface area (Å²) in [4.78, 5) is 22.3. The van der Waals surface area contributed by atoms with Crippen molar-refractivity contribution in [3.8, 4) is 5.88 Å². The number of benzene rings is 2. The highest BCUT2D eigenvalue weighted by Crippen LogP contribution is 2.14. The summed E-state index contributed by atoms with van der Waals surface area (Å²) in [5, 5.41) is 10.1. The molecule has 0 bridgehead atoms. The monoisotopic (exact) mass is 322 g/mol. The van der Waals surface area contributed by atoms with Gasteiger partial charge in [0.2, 0.25) is 5.88 Å². The number of aryl methyl sites for hydroxylation is 1. The molecule has 0 unspecified atom stereocenters. The predicted octanol–water partition coefficient (Wildman–Crippen LogP) is 2.48. The molecule has 1 heterocycles. The van der Waals surface area contributed by atoms with Gasteiger partial charge in [-0.2, -0.15) is 4.98 Å². The molecule has 0 aliphatic rings. The molecule has 0 spiro atoms. The maximum Gasteiger partial charge on any atom is 0.293 e. The van der Waals surface area contributed by atoms with E-state index in [1.54, 1.807) is 6.92 Å². The van der Waals surface area contributed by atoms with Crippen molar-refractivity contribution >= 4 is 0 Å². The maximum absolute atomic E-state index is 12.7. The molecule has 5 nitrogen and oxygen atoms in total. The number of hydrogen-bond acceptors (Lipinski definition) is 4. The van der Waals surface area contributed by atoms with Gasteiger partial charge in [0.05, 0.1) is 5.56 Å². The standard InChI is InChI=1S/C19H18N2O3/c1-14-20-18(22)17(12-15-8-4-2-5-9-15)19(23)21(14)24-13-16-10-6-3-7-11-16/h2-11,22H,12-13H2,1H3. The summed E-state index contributed by atoms with van der Waals surface area (Å²) in [6.07, 6.45) is 0.299. The highest BCUT2D eigenvalue weighted by molar-refractivity contribution is 5.30. The smallest absolute Gasteiger partial charge is 0.293 e. The molecule has 1 aromatic heterocycles. The molecule has 0 amide bonds. The van der Waals surface area contributed by atoms with Crippen LogP contribution in [0.15, 0.2) is 65.5 Å². The molecule has 0 saturated heterocycles. The van der Waals surface area contributed by atoms with Crippen molar-refractivity contribution in [2.75, 3.05) is 0 Å². The second-order valence-corrected chi connectivity index (χ2v) is 5.48. The van der Waals surface area contributed by atoms with Gasteiger partial charge in [0.15, 0.2) is 0 Å². The summed E-state index contributed by atoms with van der Waals surface area (Å²) < 4.78 is 1.14. The fraction of sp³-hybridized carbons (Fsp3) is 0.158. The van der Waals surface area contributed by atoms with E-state index in [0.29, 0.717) is 12.2 Å². The Labute approximate surface area is 139 Å². The largest absolute Gasteiger partial charge is 0.493 e. The Bertz CT molecular complexity index is 874. The summed E-state index contributed by atoms with van der Waals surface area (Å²) in [6, 6.07) is 19.0. The molecule has 3 rings (SSSR count). The van der Waals surface area contributed by atoms with E-state index in [-0.39, 0.29) is 23.6 Å². The molecular formula is C19H18N2O3. The lowest BCUT2D eigenvalue weighted by Gasteiger charge is -2.13. The van der Waals surface area contributed by atoms with Crippen molar-refractivity contribution in [2.24, 2.45) is 0 Å². The van der Waals surface area contributed by atoms with E-state index in [4.69, 9.17) is 4.84 Å². The number of aromatic nitrogens is 2. The number of hydrogen-bond donors (Lipinski definition) is 1. The van der Waals surface area contributed by atoms with Crippen molar-refractivity contribution in [1.29, 1.82) is 0 Å². The van der Waals surface area contributed by atoms with Gasteiger partial charge in [0.1, 0.15) is 12.4 Å². The lowest BCUT2D eigenvalue weighted by Crippen LogP contribution is -2.32. The first-order valence-corrected chi connectivity index (χ1v) is 7.68. The summed E-state index contributed by atoms with van der Waals surface area (Å²) in [5.74, 6) is 0.0613. The quantitative estimate of drug-likeness (QED) is 0.784. The zero-order valence-corrected chi connectivity index (χ0v) is 13.3. The SMILES string of the molecule is Cc1nc(O)c(Cc2ccccc2)c(=O)n1OCc1ccccc1. The lowest BCUT2D eigenvalue weighted by atomic mass is 10.1. The van der Waals surface area contributed by atoms with Crippen LogP contribution in [0.3, 0.4) is 0 Å². The average molecular weight is 322 g/mol. The minimum absolute atomic E-state index is 0.222. The van der Waals surface area contributed by atoms with E-state index in [1.807, 2.05) is 60.7 Å². The minimum atomic E-state index is -0.389. The Hall–Kier alpha value is -3.08. The van der Waals surface area contributed by atoms with E-state index < -0.39 is 0 Å². The first kappa shape index (κ1) is 15.8. The molecule has 24 heavy (non-hydrogen) atoms. The van der Waals surface area contributed by atoms with Crippen LogP contribution in [0.5, 0.6) is 5.88 Å². The molecule has 0 atom stereocenters. The molecule has 3 aromatic rings. The van der Waals surface area contributed by atoms with Gasteiger partial charge < -0.3 is 9.94 Å². The lowest BCUT2D eigenvalue weighted by molar-refractivity contribution is 0.0799. The van der Waals surface area contributed by atoms with Crippen LogP contribution in [0, 0.1) is 6.92 Å². The topological polar surface area (TPSA) is 64.4 Å².